The molecule has 0 aliphatic heterocycles. The minimum Gasteiger partial charge on any atom is -0.318 e. The van der Waals surface area contributed by atoms with E-state index in [0.29, 0.717) is 22.3 Å². The van der Waals surface area contributed by atoms with Gasteiger partial charge < -0.3 is 4.84 Å². The molecule has 6 heteroatoms. The van der Waals surface area contributed by atoms with E-state index in [0.717, 1.165) is 15.4 Å². The third-order valence-electron chi connectivity index (χ3n) is 5.39. The highest BCUT2D eigenvalue weighted by Gasteiger charge is 2.19. The summed E-state index contributed by atoms with van der Waals surface area (Å²) in [5.74, 6) is -0.960. The second kappa shape index (κ2) is 11.4. The van der Waals surface area contributed by atoms with E-state index in [1.54, 1.807) is 36.4 Å². The van der Waals surface area contributed by atoms with Crippen LogP contribution in [0, 0.1) is 6.92 Å². The second-order valence-corrected chi connectivity index (χ2v) is 9.16. The van der Waals surface area contributed by atoms with Gasteiger partial charge in [-0.05, 0) is 61.0 Å². The predicted octanol–water partition coefficient (Wildman–Crippen LogP) is 6.53. The maximum Gasteiger partial charge on any atom is 0.332 e. The molecular weight excluding hydrogens is 470 g/mol. The Balaban J connectivity index is 1.49. The summed E-state index contributed by atoms with van der Waals surface area (Å²) in [6, 6.07) is 31.1. The zero-order valence-electron chi connectivity index (χ0n) is 19.8. The molecule has 0 aliphatic carbocycles. The molecule has 5 nitrogen and oxygen atoms in total. The van der Waals surface area contributed by atoms with Gasteiger partial charge >= 0.3 is 5.97 Å². The van der Waals surface area contributed by atoms with Gasteiger partial charge in [0, 0.05) is 39.0 Å². The maximum absolute atomic E-state index is 13.2. The molecule has 0 atom stereocenters. The molecule has 0 amide bonds. The van der Waals surface area contributed by atoms with E-state index >= 15 is 0 Å². The van der Waals surface area contributed by atoms with Crippen LogP contribution in [0.3, 0.4) is 0 Å². The largest absolute Gasteiger partial charge is 0.332 e. The molecule has 0 aliphatic rings. The summed E-state index contributed by atoms with van der Waals surface area (Å²) < 4.78 is 0. The molecule has 0 bridgehead atoms. The minimum absolute atomic E-state index is 0.0186. The molecule has 0 aromatic heterocycles. The van der Waals surface area contributed by atoms with E-state index in [1.807, 2.05) is 73.7 Å². The van der Waals surface area contributed by atoms with Crippen molar-refractivity contribution in [2.45, 2.75) is 23.6 Å². The number of hydrogen-bond acceptors (Lipinski definition) is 6. The summed E-state index contributed by atoms with van der Waals surface area (Å²) >= 11 is 1.52. The van der Waals surface area contributed by atoms with Crippen molar-refractivity contribution in [3.05, 3.63) is 131 Å². The van der Waals surface area contributed by atoms with Gasteiger partial charge in [-0.15, -0.1) is 0 Å². The van der Waals surface area contributed by atoms with Crippen molar-refractivity contribution in [3.8, 4) is 0 Å². The Morgan fingerprint density at radius 3 is 1.78 bits per heavy atom. The molecule has 0 spiro atoms. The lowest BCUT2D eigenvalue weighted by Crippen LogP contribution is -2.18. The van der Waals surface area contributed by atoms with Crippen molar-refractivity contribution in [1.29, 1.82) is 0 Å². The summed E-state index contributed by atoms with van der Waals surface area (Å²) in [5.41, 5.74) is 3.23. The molecule has 0 radical (unpaired) electrons. The average molecular weight is 494 g/mol. The zero-order chi connectivity index (χ0) is 25.5. The number of ketones is 2. The van der Waals surface area contributed by atoms with Crippen LogP contribution in [0.2, 0.25) is 0 Å². The van der Waals surface area contributed by atoms with Crippen LogP contribution >= 0.6 is 11.8 Å². The zero-order valence-corrected chi connectivity index (χ0v) is 20.6. The fourth-order valence-electron chi connectivity index (χ4n) is 3.54. The van der Waals surface area contributed by atoms with Gasteiger partial charge in [0.05, 0.1) is 0 Å². The predicted molar refractivity (Wildman–Crippen MR) is 141 cm³/mol. The lowest BCUT2D eigenvalue weighted by Gasteiger charge is -2.09. The Labute approximate surface area is 213 Å². The van der Waals surface area contributed by atoms with Crippen molar-refractivity contribution in [2.24, 2.45) is 5.16 Å². The van der Waals surface area contributed by atoms with Crippen LogP contribution in [0.25, 0.3) is 0 Å². The number of aryl methyl sites for hydroxylation is 1. The van der Waals surface area contributed by atoms with Crippen molar-refractivity contribution < 1.29 is 19.2 Å². The Morgan fingerprint density at radius 1 is 0.667 bits per heavy atom. The maximum atomic E-state index is 13.2. The topological polar surface area (TPSA) is 72.8 Å². The first kappa shape index (κ1) is 24.8. The van der Waals surface area contributed by atoms with E-state index in [1.165, 1.54) is 18.7 Å². The second-order valence-electron chi connectivity index (χ2n) is 8.01. The van der Waals surface area contributed by atoms with Crippen LogP contribution < -0.4 is 0 Å². The van der Waals surface area contributed by atoms with Gasteiger partial charge in [-0.2, -0.15) is 0 Å². The lowest BCUT2D eigenvalue weighted by atomic mass is 9.97. The van der Waals surface area contributed by atoms with Gasteiger partial charge in [-0.25, -0.2) is 4.79 Å². The van der Waals surface area contributed by atoms with Crippen LogP contribution in [0.4, 0.5) is 0 Å². The first-order chi connectivity index (χ1) is 17.4. The molecule has 0 heterocycles. The van der Waals surface area contributed by atoms with Gasteiger partial charge in [-0.3, -0.25) is 9.59 Å². The van der Waals surface area contributed by atoms with E-state index in [9.17, 15) is 14.4 Å². The normalized spacial score (nSPS) is 11.1. The summed E-state index contributed by atoms with van der Waals surface area (Å²) in [6.07, 6.45) is 0. The molecule has 0 saturated heterocycles. The Kier molecular flexibility index (Phi) is 7.88. The van der Waals surface area contributed by atoms with E-state index in [4.69, 9.17) is 4.84 Å². The number of hydrogen-bond donors (Lipinski definition) is 0. The molecule has 178 valence electrons. The van der Waals surface area contributed by atoms with Crippen LogP contribution in [-0.4, -0.2) is 23.2 Å². The number of rotatable bonds is 8. The molecule has 0 N–H and O–H groups in total. The first-order valence-electron chi connectivity index (χ1n) is 11.3. The molecule has 4 rings (SSSR count). The van der Waals surface area contributed by atoms with Crippen molar-refractivity contribution >= 4 is 35.0 Å². The average Bonchev–Trinajstić information content (AvgIpc) is 2.90. The van der Waals surface area contributed by atoms with Crippen molar-refractivity contribution in [1.82, 2.24) is 0 Å². The van der Waals surface area contributed by atoms with Crippen LogP contribution in [0.15, 0.2) is 118 Å². The highest BCUT2D eigenvalue weighted by atomic mass is 32.2. The van der Waals surface area contributed by atoms with Crippen LogP contribution in [0.5, 0.6) is 0 Å². The Morgan fingerprint density at radius 2 is 1.19 bits per heavy atom. The quantitative estimate of drug-likeness (QED) is 0.121. The first-order valence-corrected chi connectivity index (χ1v) is 12.1. The number of nitrogens with zero attached hydrogens (tertiary/aromatic N) is 1. The standard InChI is InChI=1S/C30H23NO4S/c1-20-8-6-7-11-27(20)28(31-35-21(2)32)30(34)24-14-18-26(19-15-24)36-25-16-12-23(13-17-25)29(33)22-9-4-3-5-10-22/h3-19H,1-2H3/b31-28-. The molecule has 0 saturated carbocycles. The SMILES string of the molecule is CC(=O)O/N=C(\C(=O)c1ccc(Sc2ccc(C(=O)c3ccccc3)cc2)cc1)c1ccccc1C. The van der Waals surface area contributed by atoms with Gasteiger partial charge in [-0.1, -0.05) is 71.5 Å². The minimum atomic E-state index is -0.600. The molecule has 36 heavy (non-hydrogen) atoms. The highest BCUT2D eigenvalue weighted by Crippen LogP contribution is 2.28. The number of carbonyl (C=O) groups is 3. The summed E-state index contributed by atoms with van der Waals surface area (Å²) in [7, 11) is 0. The summed E-state index contributed by atoms with van der Waals surface area (Å²) in [5, 5.41) is 3.85. The van der Waals surface area contributed by atoms with Crippen molar-refractivity contribution in [2.75, 3.05) is 0 Å². The Hall–Kier alpha value is -4.29. The molecule has 4 aromatic rings. The monoisotopic (exact) mass is 493 g/mol. The van der Waals surface area contributed by atoms with Gasteiger partial charge in [0.1, 0.15) is 0 Å². The number of Topliss-reactive ketones (excluding diaryl/α,β-unsaturated/α-hetero) is 1. The lowest BCUT2D eigenvalue weighted by molar-refractivity contribution is -0.140. The highest BCUT2D eigenvalue weighted by molar-refractivity contribution is 7.99. The summed E-state index contributed by atoms with van der Waals surface area (Å²) in [6.45, 7) is 3.10. The number of carbonyl (C=O) groups excluding carboxylic acids is 3. The fourth-order valence-corrected chi connectivity index (χ4v) is 4.36. The summed E-state index contributed by atoms with van der Waals surface area (Å²) in [4.78, 5) is 43.9. The van der Waals surface area contributed by atoms with Crippen molar-refractivity contribution in [3.63, 3.8) is 0 Å². The molecular formula is C30H23NO4S. The molecule has 0 fully saturated rings. The molecule has 0 unspecified atom stereocenters. The smallest absolute Gasteiger partial charge is 0.318 e. The van der Waals surface area contributed by atoms with E-state index in [-0.39, 0.29) is 17.3 Å². The number of benzene rings is 4. The van der Waals surface area contributed by atoms with Crippen LogP contribution in [0.1, 0.15) is 44.3 Å². The van der Waals surface area contributed by atoms with E-state index < -0.39 is 5.97 Å². The Bertz CT molecular complexity index is 1430. The fraction of sp³-hybridized carbons (Fsp3) is 0.0667. The third-order valence-corrected chi connectivity index (χ3v) is 6.40. The van der Waals surface area contributed by atoms with E-state index in [2.05, 4.69) is 5.16 Å². The van der Waals surface area contributed by atoms with Crippen LogP contribution in [-0.2, 0) is 9.63 Å². The molecule has 4 aromatic carbocycles. The number of oxime groups is 1. The van der Waals surface area contributed by atoms with Gasteiger partial charge in [0.15, 0.2) is 11.5 Å². The van der Waals surface area contributed by atoms with Gasteiger partial charge in [0.2, 0.25) is 5.78 Å². The van der Waals surface area contributed by atoms with Gasteiger partial charge in [0.25, 0.3) is 0 Å². The third kappa shape index (κ3) is 6.03.